The first-order chi connectivity index (χ1) is 8.58. The average molecular weight is 267 g/mol. The molecule has 1 amide bonds. The van der Waals surface area contributed by atoms with Crippen LogP contribution in [0.4, 0.5) is 5.13 Å². The van der Waals surface area contributed by atoms with Crippen LogP contribution in [0.5, 0.6) is 0 Å². The highest BCUT2D eigenvalue weighted by molar-refractivity contribution is 7.15. The number of hydrogen-bond donors (Lipinski definition) is 1. The molecule has 0 saturated carbocycles. The Morgan fingerprint density at radius 3 is 2.56 bits per heavy atom. The number of anilines is 1. The number of nitrogens with zero attached hydrogens (tertiary/aromatic N) is 2. The second-order valence-electron chi connectivity index (χ2n) is 4.91. The number of piperidine rings is 1. The second kappa shape index (κ2) is 5.69. The van der Waals surface area contributed by atoms with Crippen LogP contribution in [0.1, 0.15) is 36.8 Å². The van der Waals surface area contributed by atoms with Crippen molar-refractivity contribution in [2.75, 3.05) is 18.4 Å². The SMILES string of the molecule is Cc1nc(NC(C)C(=O)N2CCCCC2)sc1C. The van der Waals surface area contributed by atoms with Crippen molar-refractivity contribution in [1.82, 2.24) is 9.88 Å². The third-order valence-electron chi connectivity index (χ3n) is 3.41. The van der Waals surface area contributed by atoms with E-state index in [4.69, 9.17) is 0 Å². The monoisotopic (exact) mass is 267 g/mol. The van der Waals surface area contributed by atoms with Gasteiger partial charge in [-0.2, -0.15) is 0 Å². The van der Waals surface area contributed by atoms with E-state index in [0.29, 0.717) is 0 Å². The van der Waals surface area contributed by atoms with Crippen molar-refractivity contribution in [3.63, 3.8) is 0 Å². The summed E-state index contributed by atoms with van der Waals surface area (Å²) in [5, 5.41) is 4.07. The van der Waals surface area contributed by atoms with Gasteiger partial charge in [0.2, 0.25) is 5.91 Å². The Morgan fingerprint density at radius 2 is 2.00 bits per heavy atom. The molecule has 18 heavy (non-hydrogen) atoms. The summed E-state index contributed by atoms with van der Waals surface area (Å²) in [6, 6.07) is -0.187. The molecule has 1 aromatic heterocycles. The molecule has 5 heteroatoms. The van der Waals surface area contributed by atoms with E-state index in [2.05, 4.69) is 17.2 Å². The van der Waals surface area contributed by atoms with E-state index in [1.807, 2.05) is 18.7 Å². The third kappa shape index (κ3) is 3.02. The number of hydrogen-bond acceptors (Lipinski definition) is 4. The Bertz CT molecular complexity index is 404. The van der Waals surface area contributed by atoms with Gasteiger partial charge in [0.05, 0.1) is 5.69 Å². The molecule has 100 valence electrons. The summed E-state index contributed by atoms with van der Waals surface area (Å²) < 4.78 is 0. The summed E-state index contributed by atoms with van der Waals surface area (Å²) in [4.78, 5) is 19.8. The van der Waals surface area contributed by atoms with Crippen LogP contribution in [0.3, 0.4) is 0 Å². The lowest BCUT2D eigenvalue weighted by molar-refractivity contribution is -0.132. The number of carbonyl (C=O) groups is 1. The lowest BCUT2D eigenvalue weighted by atomic mass is 10.1. The summed E-state index contributed by atoms with van der Waals surface area (Å²) in [5.41, 5.74) is 1.04. The van der Waals surface area contributed by atoms with Crippen molar-refractivity contribution < 1.29 is 4.79 Å². The Kier molecular flexibility index (Phi) is 4.22. The second-order valence-corrected chi connectivity index (χ2v) is 6.12. The Balaban J connectivity index is 1.94. The summed E-state index contributed by atoms with van der Waals surface area (Å²) in [6.45, 7) is 7.77. The largest absolute Gasteiger partial charge is 0.350 e. The molecule has 1 N–H and O–H groups in total. The van der Waals surface area contributed by atoms with Gasteiger partial charge in [-0.25, -0.2) is 4.98 Å². The highest BCUT2D eigenvalue weighted by atomic mass is 32.1. The number of thiazole rings is 1. The van der Waals surface area contributed by atoms with Crippen molar-refractivity contribution in [3.05, 3.63) is 10.6 Å². The maximum absolute atomic E-state index is 12.2. The number of nitrogens with one attached hydrogen (secondary N) is 1. The highest BCUT2D eigenvalue weighted by Crippen LogP contribution is 2.22. The summed E-state index contributed by atoms with van der Waals surface area (Å²) in [7, 11) is 0. The number of aryl methyl sites for hydroxylation is 2. The molecule has 0 aliphatic carbocycles. The first-order valence-electron chi connectivity index (χ1n) is 6.57. The van der Waals surface area contributed by atoms with E-state index in [1.165, 1.54) is 11.3 Å². The predicted octanol–water partition coefficient (Wildman–Crippen LogP) is 2.57. The van der Waals surface area contributed by atoms with Crippen molar-refractivity contribution in [2.45, 2.75) is 46.1 Å². The highest BCUT2D eigenvalue weighted by Gasteiger charge is 2.22. The first kappa shape index (κ1) is 13.3. The van der Waals surface area contributed by atoms with E-state index in [9.17, 15) is 4.79 Å². The standard InChI is InChI=1S/C13H21N3OS/c1-9-11(3)18-13(14-9)15-10(2)12(17)16-7-5-4-6-8-16/h10H,4-8H2,1-3H3,(H,14,15). The van der Waals surface area contributed by atoms with Crippen LogP contribution in [0, 0.1) is 13.8 Å². The predicted molar refractivity (Wildman–Crippen MR) is 75.1 cm³/mol. The average Bonchev–Trinajstić information content (AvgIpc) is 2.68. The Hall–Kier alpha value is -1.10. The van der Waals surface area contributed by atoms with Crippen LogP contribution in [-0.2, 0) is 4.79 Å². The van der Waals surface area contributed by atoms with E-state index in [0.717, 1.165) is 36.8 Å². The van der Waals surface area contributed by atoms with Crippen LogP contribution in [0.2, 0.25) is 0 Å². The van der Waals surface area contributed by atoms with E-state index in [-0.39, 0.29) is 11.9 Å². The number of aromatic nitrogens is 1. The van der Waals surface area contributed by atoms with E-state index in [1.54, 1.807) is 11.3 Å². The maximum atomic E-state index is 12.2. The molecule has 1 saturated heterocycles. The fraction of sp³-hybridized carbons (Fsp3) is 0.692. The van der Waals surface area contributed by atoms with Gasteiger partial charge < -0.3 is 10.2 Å². The van der Waals surface area contributed by atoms with Gasteiger partial charge in [-0.3, -0.25) is 4.79 Å². The zero-order valence-corrected chi connectivity index (χ0v) is 12.1. The zero-order valence-electron chi connectivity index (χ0n) is 11.3. The normalized spacial score (nSPS) is 17.6. The summed E-state index contributed by atoms with van der Waals surface area (Å²) >= 11 is 1.61. The molecule has 4 nitrogen and oxygen atoms in total. The lowest BCUT2D eigenvalue weighted by Gasteiger charge is -2.29. The van der Waals surface area contributed by atoms with Crippen LogP contribution in [-0.4, -0.2) is 34.9 Å². The molecular formula is C13H21N3OS. The molecule has 1 aliphatic heterocycles. The minimum atomic E-state index is -0.187. The molecule has 2 heterocycles. The maximum Gasteiger partial charge on any atom is 0.244 e. The van der Waals surface area contributed by atoms with Crippen LogP contribution in [0.15, 0.2) is 0 Å². The zero-order chi connectivity index (χ0) is 13.1. The van der Waals surface area contributed by atoms with Crippen molar-refractivity contribution in [1.29, 1.82) is 0 Å². The minimum Gasteiger partial charge on any atom is -0.350 e. The fourth-order valence-electron chi connectivity index (χ4n) is 2.17. The van der Waals surface area contributed by atoms with Crippen molar-refractivity contribution in [3.8, 4) is 0 Å². The third-order valence-corrected chi connectivity index (χ3v) is 4.41. The number of rotatable bonds is 3. The molecule has 0 spiro atoms. The van der Waals surface area contributed by atoms with Gasteiger partial charge in [0.15, 0.2) is 5.13 Å². The number of amides is 1. The molecule has 1 aliphatic rings. The van der Waals surface area contributed by atoms with Crippen LogP contribution in [0.25, 0.3) is 0 Å². The number of carbonyl (C=O) groups excluding carboxylic acids is 1. The summed E-state index contributed by atoms with van der Waals surface area (Å²) in [5.74, 6) is 0.195. The van der Waals surface area contributed by atoms with E-state index < -0.39 is 0 Å². The van der Waals surface area contributed by atoms with Crippen molar-refractivity contribution in [2.24, 2.45) is 0 Å². The molecule has 1 unspecified atom stereocenters. The van der Waals surface area contributed by atoms with Gasteiger partial charge in [-0.05, 0) is 40.0 Å². The minimum absolute atomic E-state index is 0.187. The van der Waals surface area contributed by atoms with Crippen LogP contribution >= 0.6 is 11.3 Å². The summed E-state index contributed by atoms with van der Waals surface area (Å²) in [6.07, 6.45) is 3.51. The van der Waals surface area contributed by atoms with Gasteiger partial charge >= 0.3 is 0 Å². The quantitative estimate of drug-likeness (QED) is 0.915. The molecule has 1 aromatic rings. The molecular weight excluding hydrogens is 246 g/mol. The van der Waals surface area contributed by atoms with E-state index >= 15 is 0 Å². The molecule has 0 bridgehead atoms. The first-order valence-corrected chi connectivity index (χ1v) is 7.39. The molecule has 0 aromatic carbocycles. The smallest absolute Gasteiger partial charge is 0.244 e. The molecule has 2 rings (SSSR count). The van der Waals surface area contributed by atoms with Gasteiger partial charge in [0, 0.05) is 18.0 Å². The van der Waals surface area contributed by atoms with Gasteiger partial charge in [0.25, 0.3) is 0 Å². The number of likely N-dealkylation sites (tertiary alicyclic amines) is 1. The molecule has 1 fully saturated rings. The fourth-order valence-corrected chi connectivity index (χ4v) is 3.07. The topological polar surface area (TPSA) is 45.2 Å². The van der Waals surface area contributed by atoms with Gasteiger partial charge in [-0.15, -0.1) is 11.3 Å². The Labute approximate surface area is 112 Å². The van der Waals surface area contributed by atoms with Crippen molar-refractivity contribution >= 4 is 22.4 Å². The Morgan fingerprint density at radius 1 is 1.33 bits per heavy atom. The molecule has 1 atom stereocenters. The van der Waals surface area contributed by atoms with Gasteiger partial charge in [0.1, 0.15) is 6.04 Å². The van der Waals surface area contributed by atoms with Crippen LogP contribution < -0.4 is 5.32 Å². The molecule has 0 radical (unpaired) electrons. The van der Waals surface area contributed by atoms with Gasteiger partial charge in [-0.1, -0.05) is 0 Å². The lowest BCUT2D eigenvalue weighted by Crippen LogP contribution is -2.43.